The highest BCUT2D eigenvalue weighted by Gasteiger charge is 2.13. The molecule has 1 saturated carbocycles. The van der Waals surface area contributed by atoms with Crippen LogP contribution in [0.4, 0.5) is 0 Å². The summed E-state index contributed by atoms with van der Waals surface area (Å²) in [4.78, 5) is 3.18. The number of nitrogens with one attached hydrogen (secondary N) is 1. The molecule has 11 heavy (non-hydrogen) atoms. The van der Waals surface area contributed by atoms with Crippen LogP contribution in [0.15, 0.2) is 0 Å². The highest BCUT2D eigenvalue weighted by molar-refractivity contribution is 7.32. The minimum absolute atomic E-state index is 0.844. The van der Waals surface area contributed by atoms with Gasteiger partial charge in [0.25, 0.3) is 0 Å². The molecule has 0 aromatic rings. The number of rotatable bonds is 3. The van der Waals surface area contributed by atoms with Crippen LogP contribution < -0.4 is 4.98 Å². The molecule has 0 unspecified atom stereocenters. The van der Waals surface area contributed by atoms with Crippen LogP contribution in [-0.2, 0) is 0 Å². The largest absolute Gasteiger partial charge is 0.316 e. The second-order valence-electron chi connectivity index (χ2n) is 3.21. The minimum atomic E-state index is -1.55. The molecule has 4 heteroatoms. The van der Waals surface area contributed by atoms with Crippen molar-refractivity contribution in [3.05, 3.63) is 0 Å². The molecule has 0 radical (unpaired) electrons. The van der Waals surface area contributed by atoms with E-state index in [1.165, 1.54) is 32.1 Å². The van der Waals surface area contributed by atoms with Crippen LogP contribution in [0.5, 0.6) is 0 Å². The molecular formula is C7H15Cl2NSi. The van der Waals surface area contributed by atoms with Gasteiger partial charge >= 0.3 is 7.58 Å². The SMILES string of the molecule is Cl[SiH](Cl)NCC1CCCCC1. The lowest BCUT2D eigenvalue weighted by atomic mass is 9.90. The van der Waals surface area contributed by atoms with Crippen molar-refractivity contribution in [2.24, 2.45) is 5.92 Å². The van der Waals surface area contributed by atoms with Crippen molar-refractivity contribution in [2.45, 2.75) is 32.1 Å². The summed E-state index contributed by atoms with van der Waals surface area (Å²) in [6.45, 7) is 1.05. The van der Waals surface area contributed by atoms with Gasteiger partial charge < -0.3 is 4.98 Å². The molecule has 1 rings (SSSR count). The van der Waals surface area contributed by atoms with Crippen LogP contribution in [-0.4, -0.2) is 14.1 Å². The van der Waals surface area contributed by atoms with Crippen LogP contribution in [0.2, 0.25) is 0 Å². The third-order valence-electron chi connectivity index (χ3n) is 2.29. The first-order chi connectivity index (χ1) is 5.29. The van der Waals surface area contributed by atoms with Crippen molar-refractivity contribution in [2.75, 3.05) is 6.54 Å². The molecule has 0 bridgehead atoms. The van der Waals surface area contributed by atoms with Gasteiger partial charge in [0.1, 0.15) is 0 Å². The lowest BCUT2D eigenvalue weighted by Crippen LogP contribution is -2.30. The molecule has 1 nitrogen and oxygen atoms in total. The molecule has 1 aliphatic rings. The molecule has 1 N–H and O–H groups in total. The molecule has 0 atom stereocenters. The summed E-state index contributed by atoms with van der Waals surface area (Å²) in [5, 5.41) is 0. The number of hydrogen-bond acceptors (Lipinski definition) is 1. The molecule has 0 aliphatic heterocycles. The summed E-state index contributed by atoms with van der Waals surface area (Å²) in [7, 11) is -1.55. The van der Waals surface area contributed by atoms with Crippen LogP contribution >= 0.6 is 22.2 Å². The second-order valence-corrected chi connectivity index (χ2v) is 7.51. The van der Waals surface area contributed by atoms with E-state index in [1.807, 2.05) is 0 Å². The third kappa shape index (κ3) is 4.36. The maximum atomic E-state index is 5.69. The third-order valence-corrected chi connectivity index (χ3v) is 3.76. The van der Waals surface area contributed by atoms with Gasteiger partial charge in [-0.1, -0.05) is 19.3 Å². The van der Waals surface area contributed by atoms with E-state index in [-0.39, 0.29) is 0 Å². The van der Waals surface area contributed by atoms with Gasteiger partial charge in [-0.2, -0.15) is 0 Å². The molecular weight excluding hydrogens is 197 g/mol. The second kappa shape index (κ2) is 5.41. The average Bonchev–Trinajstić information content (AvgIpc) is 2.03. The zero-order valence-electron chi connectivity index (χ0n) is 6.65. The van der Waals surface area contributed by atoms with Crippen molar-refractivity contribution in [1.29, 1.82) is 0 Å². The van der Waals surface area contributed by atoms with Crippen molar-refractivity contribution in [1.82, 2.24) is 4.98 Å². The molecule has 0 spiro atoms. The molecule has 0 saturated heterocycles. The fourth-order valence-corrected chi connectivity index (χ4v) is 2.69. The maximum absolute atomic E-state index is 5.69. The molecule has 0 aromatic carbocycles. The van der Waals surface area contributed by atoms with E-state index in [4.69, 9.17) is 22.2 Å². The summed E-state index contributed by atoms with van der Waals surface area (Å²) >= 11 is 11.4. The van der Waals surface area contributed by atoms with Gasteiger partial charge in [-0.25, -0.2) is 0 Å². The zero-order valence-corrected chi connectivity index (χ0v) is 9.32. The summed E-state index contributed by atoms with van der Waals surface area (Å²) in [5.74, 6) is 0.844. The van der Waals surface area contributed by atoms with E-state index in [1.54, 1.807) is 0 Å². The van der Waals surface area contributed by atoms with Gasteiger partial charge in [-0.15, -0.1) is 22.2 Å². The van der Waals surface area contributed by atoms with Crippen LogP contribution in [0.1, 0.15) is 32.1 Å². The lowest BCUT2D eigenvalue weighted by molar-refractivity contribution is 0.358. The highest BCUT2D eigenvalue weighted by Crippen LogP contribution is 2.22. The van der Waals surface area contributed by atoms with Gasteiger partial charge in [-0.05, 0) is 25.3 Å². The monoisotopic (exact) mass is 211 g/mol. The van der Waals surface area contributed by atoms with Crippen molar-refractivity contribution < 1.29 is 0 Å². The molecule has 0 aromatic heterocycles. The first-order valence-corrected chi connectivity index (χ1v) is 8.37. The Labute approximate surface area is 79.5 Å². The fraction of sp³-hybridized carbons (Fsp3) is 1.00. The number of hydrogen-bond donors (Lipinski definition) is 1. The van der Waals surface area contributed by atoms with Gasteiger partial charge in [0.2, 0.25) is 0 Å². The van der Waals surface area contributed by atoms with Crippen molar-refractivity contribution in [3.8, 4) is 0 Å². The van der Waals surface area contributed by atoms with E-state index in [0.717, 1.165) is 12.5 Å². The molecule has 0 amide bonds. The van der Waals surface area contributed by atoms with E-state index in [0.29, 0.717) is 0 Å². The van der Waals surface area contributed by atoms with Crippen LogP contribution in [0.25, 0.3) is 0 Å². The van der Waals surface area contributed by atoms with E-state index < -0.39 is 7.58 Å². The minimum Gasteiger partial charge on any atom is -0.316 e. The number of halogens is 2. The Hall–Kier alpha value is 0.757. The standard InChI is InChI=1S/C7H15Cl2NSi/c8-11(9)10-6-7-4-2-1-3-5-7/h7,10-11H,1-6H2. The van der Waals surface area contributed by atoms with E-state index in [2.05, 4.69) is 4.98 Å². The van der Waals surface area contributed by atoms with Gasteiger partial charge in [0, 0.05) is 0 Å². The normalized spacial score (nSPS) is 21.0. The predicted molar refractivity (Wildman–Crippen MR) is 53.4 cm³/mol. The Morgan fingerprint density at radius 1 is 1.18 bits per heavy atom. The predicted octanol–water partition coefficient (Wildman–Crippen LogP) is 2.35. The summed E-state index contributed by atoms with van der Waals surface area (Å²) in [6.07, 6.45) is 6.93. The quantitative estimate of drug-likeness (QED) is 0.559. The van der Waals surface area contributed by atoms with Gasteiger partial charge in [0.05, 0.1) is 0 Å². The summed E-state index contributed by atoms with van der Waals surface area (Å²) in [6, 6.07) is 0. The first-order valence-electron chi connectivity index (χ1n) is 4.30. The fourth-order valence-electron chi connectivity index (χ4n) is 1.65. The Kier molecular flexibility index (Phi) is 4.84. The van der Waals surface area contributed by atoms with Crippen LogP contribution in [0, 0.1) is 5.92 Å². The highest BCUT2D eigenvalue weighted by atomic mass is 35.7. The molecule has 1 fully saturated rings. The van der Waals surface area contributed by atoms with Crippen molar-refractivity contribution >= 4 is 29.7 Å². The molecule has 66 valence electrons. The first kappa shape index (κ1) is 9.84. The summed E-state index contributed by atoms with van der Waals surface area (Å²) < 4.78 is 0. The Bertz CT molecular complexity index is 105. The molecule has 0 heterocycles. The van der Waals surface area contributed by atoms with Gasteiger partial charge in [-0.3, -0.25) is 0 Å². The molecule has 1 aliphatic carbocycles. The van der Waals surface area contributed by atoms with Gasteiger partial charge in [0.15, 0.2) is 0 Å². The maximum Gasteiger partial charge on any atom is 0.306 e. The Morgan fingerprint density at radius 3 is 2.36 bits per heavy atom. The smallest absolute Gasteiger partial charge is 0.306 e. The Balaban J connectivity index is 2.05. The van der Waals surface area contributed by atoms with Crippen molar-refractivity contribution in [3.63, 3.8) is 0 Å². The Morgan fingerprint density at radius 2 is 1.82 bits per heavy atom. The van der Waals surface area contributed by atoms with E-state index in [9.17, 15) is 0 Å². The van der Waals surface area contributed by atoms with E-state index >= 15 is 0 Å². The zero-order chi connectivity index (χ0) is 8.10. The lowest BCUT2D eigenvalue weighted by Gasteiger charge is -2.21. The van der Waals surface area contributed by atoms with Crippen LogP contribution in [0.3, 0.4) is 0 Å². The summed E-state index contributed by atoms with van der Waals surface area (Å²) in [5.41, 5.74) is 0. The topological polar surface area (TPSA) is 12.0 Å². The average molecular weight is 212 g/mol.